The molecule has 1 rings (SSSR count). The molecule has 10 heteroatoms. The first-order valence-electron chi connectivity index (χ1n) is 6.82. The average Bonchev–Trinajstić information content (AvgIpc) is 2.46. The second kappa shape index (κ2) is 7.75. The van der Waals surface area contributed by atoms with Crippen molar-refractivity contribution in [1.82, 2.24) is 0 Å². The number of alkyl halides is 3. The van der Waals surface area contributed by atoms with E-state index in [2.05, 4.69) is 0 Å². The number of nitrogens with zero attached hydrogens (tertiary/aromatic N) is 1. The van der Waals surface area contributed by atoms with Gasteiger partial charge in [0.15, 0.2) is 5.92 Å². The van der Waals surface area contributed by atoms with E-state index in [9.17, 15) is 32.9 Å². The normalized spacial score (nSPS) is 11.2. The van der Waals surface area contributed by atoms with Gasteiger partial charge in [-0.05, 0) is 25.5 Å². The number of nitro groups is 1. The minimum atomic E-state index is -4.95. The van der Waals surface area contributed by atoms with Crippen LogP contribution in [-0.2, 0) is 25.2 Å². The second-order valence-corrected chi connectivity index (χ2v) is 4.47. The van der Waals surface area contributed by atoms with E-state index in [1.807, 2.05) is 0 Å². The molecule has 0 aromatic heterocycles. The fourth-order valence-corrected chi connectivity index (χ4v) is 1.94. The SMILES string of the molecule is CCOC(=O)C(C(=O)OCC)c1ccc(C(F)(F)F)c([N+](=O)[O-])c1. The summed E-state index contributed by atoms with van der Waals surface area (Å²) < 4.78 is 47.8. The fraction of sp³-hybridized carbons (Fsp3) is 0.429. The number of hydrogen-bond donors (Lipinski definition) is 0. The molecule has 0 N–H and O–H groups in total. The Morgan fingerprint density at radius 1 is 1.17 bits per heavy atom. The van der Waals surface area contributed by atoms with Gasteiger partial charge in [-0.15, -0.1) is 0 Å². The van der Waals surface area contributed by atoms with Crippen molar-refractivity contribution in [3.8, 4) is 0 Å². The van der Waals surface area contributed by atoms with Crippen molar-refractivity contribution in [2.24, 2.45) is 0 Å². The molecule has 0 aliphatic carbocycles. The second-order valence-electron chi connectivity index (χ2n) is 4.47. The van der Waals surface area contributed by atoms with Crippen LogP contribution in [0, 0.1) is 10.1 Å². The van der Waals surface area contributed by atoms with Crippen LogP contribution < -0.4 is 0 Å². The minimum Gasteiger partial charge on any atom is -0.465 e. The van der Waals surface area contributed by atoms with Gasteiger partial charge in [-0.25, -0.2) is 0 Å². The first-order valence-corrected chi connectivity index (χ1v) is 6.82. The number of nitro benzene ring substituents is 1. The van der Waals surface area contributed by atoms with Crippen LogP contribution in [-0.4, -0.2) is 30.1 Å². The molecule has 0 saturated carbocycles. The lowest BCUT2D eigenvalue weighted by Gasteiger charge is -2.15. The van der Waals surface area contributed by atoms with Gasteiger partial charge in [0, 0.05) is 6.07 Å². The Kier molecular flexibility index (Phi) is 6.27. The number of carbonyl (C=O) groups excluding carboxylic acids is 2. The highest BCUT2D eigenvalue weighted by molar-refractivity contribution is 6.01. The molecule has 0 atom stereocenters. The number of halogens is 3. The monoisotopic (exact) mass is 349 g/mol. The maximum Gasteiger partial charge on any atom is 0.422 e. The van der Waals surface area contributed by atoms with Gasteiger partial charge in [-0.2, -0.15) is 13.2 Å². The zero-order valence-electron chi connectivity index (χ0n) is 12.8. The third-order valence-electron chi connectivity index (χ3n) is 2.90. The topological polar surface area (TPSA) is 95.7 Å². The molecule has 0 radical (unpaired) electrons. The summed E-state index contributed by atoms with van der Waals surface area (Å²) in [6.07, 6.45) is -4.95. The predicted octanol–water partition coefficient (Wildman–Crippen LogP) is 2.82. The Morgan fingerprint density at radius 2 is 1.67 bits per heavy atom. The van der Waals surface area contributed by atoms with Crippen LogP contribution in [0.1, 0.15) is 30.9 Å². The van der Waals surface area contributed by atoms with Crippen LogP contribution in [0.25, 0.3) is 0 Å². The van der Waals surface area contributed by atoms with Crippen molar-refractivity contribution in [1.29, 1.82) is 0 Å². The predicted molar refractivity (Wildman–Crippen MR) is 74.1 cm³/mol. The Labute approximate surface area is 134 Å². The largest absolute Gasteiger partial charge is 0.465 e. The molecule has 0 aliphatic heterocycles. The first-order chi connectivity index (χ1) is 11.1. The number of rotatable bonds is 6. The summed E-state index contributed by atoms with van der Waals surface area (Å²) >= 11 is 0. The summed E-state index contributed by atoms with van der Waals surface area (Å²) in [7, 11) is 0. The van der Waals surface area contributed by atoms with Gasteiger partial charge in [-0.1, -0.05) is 6.07 Å². The van der Waals surface area contributed by atoms with Gasteiger partial charge >= 0.3 is 18.1 Å². The standard InChI is InChI=1S/C14H14F3NO6/c1-3-23-12(19)11(13(20)24-4-2)8-5-6-9(14(15,16)17)10(7-8)18(21)22/h5-7,11H,3-4H2,1-2H3. The molecule has 0 heterocycles. The Hall–Kier alpha value is -2.65. The van der Waals surface area contributed by atoms with E-state index in [1.54, 1.807) is 0 Å². The van der Waals surface area contributed by atoms with E-state index in [1.165, 1.54) is 13.8 Å². The highest BCUT2D eigenvalue weighted by Crippen LogP contribution is 2.37. The maximum absolute atomic E-state index is 12.8. The lowest BCUT2D eigenvalue weighted by molar-refractivity contribution is -0.388. The molecule has 132 valence electrons. The Bertz CT molecular complexity index is 626. The average molecular weight is 349 g/mol. The number of ether oxygens (including phenoxy) is 2. The van der Waals surface area contributed by atoms with Gasteiger partial charge in [0.2, 0.25) is 0 Å². The zero-order valence-corrected chi connectivity index (χ0v) is 12.8. The molecule has 7 nitrogen and oxygen atoms in total. The number of hydrogen-bond acceptors (Lipinski definition) is 6. The van der Waals surface area contributed by atoms with E-state index >= 15 is 0 Å². The lowest BCUT2D eigenvalue weighted by atomic mass is 9.96. The molecular weight excluding hydrogens is 335 g/mol. The van der Waals surface area contributed by atoms with E-state index in [0.29, 0.717) is 12.1 Å². The maximum atomic E-state index is 12.8. The van der Waals surface area contributed by atoms with Crippen LogP contribution in [0.3, 0.4) is 0 Å². The number of esters is 2. The molecule has 0 unspecified atom stereocenters. The molecular formula is C14H14F3NO6. The Balaban J connectivity index is 3.43. The van der Waals surface area contributed by atoms with Gasteiger partial charge in [-0.3, -0.25) is 19.7 Å². The van der Waals surface area contributed by atoms with Crippen LogP contribution in [0.2, 0.25) is 0 Å². The molecule has 24 heavy (non-hydrogen) atoms. The van der Waals surface area contributed by atoms with E-state index in [-0.39, 0.29) is 18.8 Å². The van der Waals surface area contributed by atoms with Gasteiger partial charge < -0.3 is 9.47 Å². The van der Waals surface area contributed by atoms with Crippen molar-refractivity contribution < 1.29 is 37.2 Å². The summed E-state index contributed by atoms with van der Waals surface area (Å²) in [4.78, 5) is 33.5. The molecule has 0 amide bonds. The molecule has 0 aliphatic rings. The molecule has 0 saturated heterocycles. The number of carbonyl (C=O) groups is 2. The van der Waals surface area contributed by atoms with Gasteiger partial charge in [0.25, 0.3) is 5.69 Å². The summed E-state index contributed by atoms with van der Waals surface area (Å²) in [6, 6.07) is 1.79. The summed E-state index contributed by atoms with van der Waals surface area (Å²) in [5.41, 5.74) is -3.06. The number of benzene rings is 1. The fourth-order valence-electron chi connectivity index (χ4n) is 1.94. The third-order valence-corrected chi connectivity index (χ3v) is 2.90. The van der Waals surface area contributed by atoms with Crippen LogP contribution in [0.4, 0.5) is 18.9 Å². The van der Waals surface area contributed by atoms with Crippen molar-refractivity contribution in [2.45, 2.75) is 25.9 Å². The summed E-state index contributed by atoms with van der Waals surface area (Å²) in [5.74, 6) is -3.83. The van der Waals surface area contributed by atoms with Crippen LogP contribution in [0.15, 0.2) is 18.2 Å². The highest BCUT2D eigenvalue weighted by atomic mass is 19.4. The molecule has 0 bridgehead atoms. The Morgan fingerprint density at radius 3 is 2.04 bits per heavy atom. The summed E-state index contributed by atoms with van der Waals surface area (Å²) in [6.45, 7) is 2.76. The van der Waals surface area contributed by atoms with Crippen LogP contribution >= 0.6 is 0 Å². The van der Waals surface area contributed by atoms with Crippen LogP contribution in [0.5, 0.6) is 0 Å². The zero-order chi connectivity index (χ0) is 18.5. The lowest BCUT2D eigenvalue weighted by Crippen LogP contribution is -2.26. The molecule has 1 aromatic carbocycles. The smallest absolute Gasteiger partial charge is 0.422 e. The van der Waals surface area contributed by atoms with E-state index in [0.717, 1.165) is 6.07 Å². The third kappa shape index (κ3) is 4.43. The molecule has 1 aromatic rings. The van der Waals surface area contributed by atoms with Gasteiger partial charge in [0.1, 0.15) is 5.56 Å². The van der Waals surface area contributed by atoms with Crippen molar-refractivity contribution >= 4 is 17.6 Å². The van der Waals surface area contributed by atoms with Crippen molar-refractivity contribution in [3.63, 3.8) is 0 Å². The van der Waals surface area contributed by atoms with E-state index < -0.39 is 40.2 Å². The van der Waals surface area contributed by atoms with E-state index in [4.69, 9.17) is 9.47 Å². The quantitative estimate of drug-likeness (QED) is 0.339. The summed E-state index contributed by atoms with van der Waals surface area (Å²) in [5, 5.41) is 10.9. The van der Waals surface area contributed by atoms with Crippen molar-refractivity contribution in [2.75, 3.05) is 13.2 Å². The highest BCUT2D eigenvalue weighted by Gasteiger charge is 2.40. The van der Waals surface area contributed by atoms with Crippen molar-refractivity contribution in [3.05, 3.63) is 39.4 Å². The first kappa shape index (κ1) is 19.4. The minimum absolute atomic E-state index is 0.0858. The van der Waals surface area contributed by atoms with Gasteiger partial charge in [0.05, 0.1) is 18.1 Å². The molecule has 0 fully saturated rings. The molecule has 0 spiro atoms.